The van der Waals surface area contributed by atoms with E-state index in [-0.39, 0.29) is 0 Å². The van der Waals surface area contributed by atoms with E-state index in [2.05, 4.69) is 24.0 Å². The SMILES string of the molecule is Cc1ccc(Cl)cc1N(CCN)C1CCC1. The van der Waals surface area contributed by atoms with Crippen molar-refractivity contribution in [2.45, 2.75) is 32.2 Å². The molecule has 1 saturated carbocycles. The molecule has 0 aliphatic heterocycles. The number of rotatable bonds is 4. The highest BCUT2D eigenvalue weighted by Gasteiger charge is 2.25. The van der Waals surface area contributed by atoms with Crippen LogP contribution in [-0.4, -0.2) is 19.1 Å². The molecule has 0 saturated heterocycles. The van der Waals surface area contributed by atoms with Gasteiger partial charge in [-0.1, -0.05) is 17.7 Å². The summed E-state index contributed by atoms with van der Waals surface area (Å²) in [5.74, 6) is 0. The Hall–Kier alpha value is -0.730. The number of halogens is 1. The van der Waals surface area contributed by atoms with Crippen molar-refractivity contribution in [3.8, 4) is 0 Å². The summed E-state index contributed by atoms with van der Waals surface area (Å²) >= 11 is 6.07. The monoisotopic (exact) mass is 238 g/mol. The number of hydrogen-bond donors (Lipinski definition) is 1. The van der Waals surface area contributed by atoms with Crippen LogP contribution in [0.15, 0.2) is 18.2 Å². The Morgan fingerprint density at radius 1 is 1.44 bits per heavy atom. The summed E-state index contributed by atoms with van der Waals surface area (Å²) < 4.78 is 0. The first kappa shape index (κ1) is 11.7. The van der Waals surface area contributed by atoms with Crippen molar-refractivity contribution in [1.82, 2.24) is 0 Å². The van der Waals surface area contributed by atoms with E-state index >= 15 is 0 Å². The Morgan fingerprint density at radius 3 is 2.75 bits per heavy atom. The van der Waals surface area contributed by atoms with E-state index in [0.29, 0.717) is 12.6 Å². The van der Waals surface area contributed by atoms with Gasteiger partial charge in [-0.15, -0.1) is 0 Å². The number of aryl methyl sites for hydroxylation is 1. The van der Waals surface area contributed by atoms with E-state index in [1.807, 2.05) is 6.07 Å². The third-order valence-electron chi connectivity index (χ3n) is 3.37. The average Bonchev–Trinajstić information content (AvgIpc) is 2.18. The van der Waals surface area contributed by atoms with Gasteiger partial charge in [-0.3, -0.25) is 0 Å². The maximum atomic E-state index is 6.07. The Morgan fingerprint density at radius 2 is 2.19 bits per heavy atom. The second-order valence-electron chi connectivity index (χ2n) is 4.50. The number of hydrogen-bond acceptors (Lipinski definition) is 2. The van der Waals surface area contributed by atoms with Gasteiger partial charge in [-0.05, 0) is 43.9 Å². The summed E-state index contributed by atoms with van der Waals surface area (Å²) in [6, 6.07) is 6.76. The second kappa shape index (κ2) is 5.07. The van der Waals surface area contributed by atoms with Crippen LogP contribution in [0.25, 0.3) is 0 Å². The molecule has 16 heavy (non-hydrogen) atoms. The van der Waals surface area contributed by atoms with Gasteiger partial charge in [0, 0.05) is 29.8 Å². The van der Waals surface area contributed by atoms with Gasteiger partial charge in [0.1, 0.15) is 0 Å². The first-order chi connectivity index (χ1) is 7.72. The zero-order valence-electron chi connectivity index (χ0n) is 9.75. The van der Waals surface area contributed by atoms with E-state index in [4.69, 9.17) is 17.3 Å². The molecule has 0 spiro atoms. The van der Waals surface area contributed by atoms with E-state index in [1.54, 1.807) is 0 Å². The van der Waals surface area contributed by atoms with Crippen LogP contribution in [0.4, 0.5) is 5.69 Å². The van der Waals surface area contributed by atoms with Crippen molar-refractivity contribution in [1.29, 1.82) is 0 Å². The second-order valence-corrected chi connectivity index (χ2v) is 4.93. The molecule has 0 bridgehead atoms. The smallest absolute Gasteiger partial charge is 0.0426 e. The molecule has 0 heterocycles. The van der Waals surface area contributed by atoms with E-state index < -0.39 is 0 Å². The van der Waals surface area contributed by atoms with Gasteiger partial charge in [-0.2, -0.15) is 0 Å². The van der Waals surface area contributed by atoms with Crippen molar-refractivity contribution in [3.05, 3.63) is 28.8 Å². The fourth-order valence-corrected chi connectivity index (χ4v) is 2.40. The average molecular weight is 239 g/mol. The summed E-state index contributed by atoms with van der Waals surface area (Å²) in [7, 11) is 0. The number of nitrogens with two attached hydrogens (primary N) is 1. The summed E-state index contributed by atoms with van der Waals surface area (Å²) in [6.07, 6.45) is 3.91. The first-order valence-electron chi connectivity index (χ1n) is 5.95. The van der Waals surface area contributed by atoms with Crippen LogP contribution < -0.4 is 10.6 Å². The molecule has 1 fully saturated rings. The van der Waals surface area contributed by atoms with Crippen LogP contribution in [-0.2, 0) is 0 Å². The van der Waals surface area contributed by atoms with Gasteiger partial charge in [0.15, 0.2) is 0 Å². The van der Waals surface area contributed by atoms with Crippen molar-refractivity contribution >= 4 is 17.3 Å². The molecule has 2 rings (SSSR count). The third kappa shape index (κ3) is 2.33. The van der Waals surface area contributed by atoms with Gasteiger partial charge < -0.3 is 10.6 Å². The highest BCUT2D eigenvalue weighted by atomic mass is 35.5. The highest BCUT2D eigenvalue weighted by molar-refractivity contribution is 6.30. The Balaban J connectivity index is 2.25. The lowest BCUT2D eigenvalue weighted by Gasteiger charge is -2.40. The normalized spacial score (nSPS) is 15.9. The Kier molecular flexibility index (Phi) is 3.72. The molecule has 0 aromatic heterocycles. The molecule has 3 heteroatoms. The molecule has 1 aliphatic carbocycles. The van der Waals surface area contributed by atoms with Crippen molar-refractivity contribution in [2.24, 2.45) is 5.73 Å². The zero-order chi connectivity index (χ0) is 11.5. The van der Waals surface area contributed by atoms with Gasteiger partial charge in [0.2, 0.25) is 0 Å². The topological polar surface area (TPSA) is 29.3 Å². The molecule has 0 atom stereocenters. The minimum absolute atomic E-state index is 0.667. The fourth-order valence-electron chi connectivity index (χ4n) is 2.23. The molecule has 0 amide bonds. The number of anilines is 1. The molecule has 1 aromatic carbocycles. The molecular weight excluding hydrogens is 220 g/mol. The molecule has 2 nitrogen and oxygen atoms in total. The third-order valence-corrected chi connectivity index (χ3v) is 3.60. The van der Waals surface area contributed by atoms with Crippen molar-refractivity contribution in [3.63, 3.8) is 0 Å². The quantitative estimate of drug-likeness (QED) is 0.874. The van der Waals surface area contributed by atoms with E-state index in [9.17, 15) is 0 Å². The molecule has 2 N–H and O–H groups in total. The maximum Gasteiger partial charge on any atom is 0.0426 e. The largest absolute Gasteiger partial charge is 0.367 e. The van der Waals surface area contributed by atoms with Gasteiger partial charge in [-0.25, -0.2) is 0 Å². The lowest BCUT2D eigenvalue weighted by Crippen LogP contribution is -2.43. The molecule has 1 aliphatic rings. The standard InChI is InChI=1S/C13H19ClN2/c1-10-5-6-11(14)9-13(10)16(8-7-15)12-3-2-4-12/h5-6,9,12H,2-4,7-8,15H2,1H3. The lowest BCUT2D eigenvalue weighted by atomic mass is 9.90. The summed E-state index contributed by atoms with van der Waals surface area (Å²) in [6.45, 7) is 3.75. The minimum atomic E-state index is 0.667. The highest BCUT2D eigenvalue weighted by Crippen LogP contribution is 2.32. The first-order valence-corrected chi connectivity index (χ1v) is 6.33. The van der Waals surface area contributed by atoms with E-state index in [1.165, 1.54) is 30.5 Å². The lowest BCUT2D eigenvalue weighted by molar-refractivity contribution is 0.387. The molecule has 1 aromatic rings. The van der Waals surface area contributed by atoms with Crippen LogP contribution >= 0.6 is 11.6 Å². The Labute approximate surface area is 102 Å². The van der Waals surface area contributed by atoms with Crippen molar-refractivity contribution in [2.75, 3.05) is 18.0 Å². The Bertz CT molecular complexity index is 361. The van der Waals surface area contributed by atoms with Crippen LogP contribution in [0.5, 0.6) is 0 Å². The number of benzene rings is 1. The van der Waals surface area contributed by atoms with Crippen LogP contribution in [0.3, 0.4) is 0 Å². The van der Waals surface area contributed by atoms with Crippen LogP contribution in [0, 0.1) is 6.92 Å². The zero-order valence-corrected chi connectivity index (χ0v) is 10.5. The van der Waals surface area contributed by atoms with Gasteiger partial charge >= 0.3 is 0 Å². The van der Waals surface area contributed by atoms with Crippen LogP contribution in [0.1, 0.15) is 24.8 Å². The molecule has 0 radical (unpaired) electrons. The van der Waals surface area contributed by atoms with Gasteiger partial charge in [0.25, 0.3) is 0 Å². The predicted octanol–water partition coefficient (Wildman–Crippen LogP) is 2.97. The minimum Gasteiger partial charge on any atom is -0.367 e. The summed E-state index contributed by atoms with van der Waals surface area (Å²) in [4.78, 5) is 2.42. The molecular formula is C13H19ClN2. The molecule has 0 unspecified atom stereocenters. The molecule has 88 valence electrons. The van der Waals surface area contributed by atoms with E-state index in [0.717, 1.165) is 11.6 Å². The summed E-state index contributed by atoms with van der Waals surface area (Å²) in [5.41, 5.74) is 8.23. The van der Waals surface area contributed by atoms with Crippen molar-refractivity contribution < 1.29 is 0 Å². The fraction of sp³-hybridized carbons (Fsp3) is 0.538. The summed E-state index contributed by atoms with van der Waals surface area (Å²) in [5, 5.41) is 0.807. The van der Waals surface area contributed by atoms with Gasteiger partial charge in [0.05, 0.1) is 0 Å². The number of nitrogens with zero attached hydrogens (tertiary/aromatic N) is 1. The van der Waals surface area contributed by atoms with Crippen LogP contribution in [0.2, 0.25) is 5.02 Å². The maximum absolute atomic E-state index is 6.07. The predicted molar refractivity (Wildman–Crippen MR) is 70.2 cm³/mol.